The zero-order valence-corrected chi connectivity index (χ0v) is 14.4. The van der Waals surface area contributed by atoms with Crippen LogP contribution in [0.3, 0.4) is 0 Å². The van der Waals surface area contributed by atoms with Gasteiger partial charge in [0, 0.05) is 38.3 Å². The topological polar surface area (TPSA) is 55.8 Å². The molecule has 2 aliphatic carbocycles. The van der Waals surface area contributed by atoms with Crippen molar-refractivity contribution in [2.45, 2.75) is 69.9 Å². The van der Waals surface area contributed by atoms with Crippen LogP contribution >= 0.6 is 0 Å². The van der Waals surface area contributed by atoms with Crippen molar-refractivity contribution >= 4 is 6.03 Å². The third-order valence-corrected chi connectivity index (χ3v) is 5.75. The molecule has 0 aromatic carbocycles. The van der Waals surface area contributed by atoms with Gasteiger partial charge in [0.05, 0.1) is 6.61 Å². The summed E-state index contributed by atoms with van der Waals surface area (Å²) < 4.78 is 0. The maximum Gasteiger partial charge on any atom is 0.317 e. The van der Waals surface area contributed by atoms with Gasteiger partial charge in [0.2, 0.25) is 0 Å². The molecular weight excluding hydrogens is 290 g/mol. The minimum absolute atomic E-state index is 0.0345. The second-order valence-corrected chi connectivity index (χ2v) is 7.68. The third-order valence-electron chi connectivity index (χ3n) is 5.75. The molecule has 2 amide bonds. The standard InChI is InChI=1S/C18H33N3O2/c22-13-12-21(17-6-7-17)18(23)19-16-8-10-20(11-9-16)14-15-4-2-1-3-5-15/h15-17,22H,1-14H2,(H,19,23). The lowest BCUT2D eigenvalue weighted by atomic mass is 9.88. The second-order valence-electron chi connectivity index (χ2n) is 7.68. The Bertz CT molecular complexity index is 372. The van der Waals surface area contributed by atoms with E-state index in [0.717, 1.165) is 44.7 Å². The molecule has 0 aromatic heterocycles. The minimum Gasteiger partial charge on any atom is -0.395 e. The fraction of sp³-hybridized carbons (Fsp3) is 0.944. The van der Waals surface area contributed by atoms with Gasteiger partial charge in [0.25, 0.3) is 0 Å². The van der Waals surface area contributed by atoms with Crippen molar-refractivity contribution in [2.75, 3.05) is 32.8 Å². The Morgan fingerprint density at radius 3 is 2.35 bits per heavy atom. The molecule has 132 valence electrons. The predicted molar refractivity (Wildman–Crippen MR) is 91.4 cm³/mol. The highest BCUT2D eigenvalue weighted by molar-refractivity contribution is 5.75. The molecule has 3 fully saturated rings. The van der Waals surface area contributed by atoms with Crippen molar-refractivity contribution in [3.05, 3.63) is 0 Å². The van der Waals surface area contributed by atoms with Crippen LogP contribution in [0, 0.1) is 5.92 Å². The summed E-state index contributed by atoms with van der Waals surface area (Å²) in [7, 11) is 0. The fourth-order valence-corrected chi connectivity index (χ4v) is 4.20. The molecule has 0 radical (unpaired) electrons. The fourth-order valence-electron chi connectivity index (χ4n) is 4.20. The summed E-state index contributed by atoms with van der Waals surface area (Å²) in [6.45, 7) is 4.02. The summed E-state index contributed by atoms with van der Waals surface area (Å²) >= 11 is 0. The second kappa shape index (κ2) is 8.34. The molecule has 1 heterocycles. The van der Waals surface area contributed by atoms with Crippen LogP contribution in [-0.4, -0.2) is 65.8 Å². The molecule has 5 nitrogen and oxygen atoms in total. The normalized spacial score (nSPS) is 24.6. The molecule has 0 aromatic rings. The number of aliphatic hydroxyl groups is 1. The van der Waals surface area contributed by atoms with Crippen LogP contribution < -0.4 is 5.32 Å². The van der Waals surface area contributed by atoms with E-state index in [1.165, 1.54) is 38.6 Å². The summed E-state index contributed by atoms with van der Waals surface area (Å²) in [6, 6.07) is 0.714. The van der Waals surface area contributed by atoms with Crippen LogP contribution in [0.4, 0.5) is 4.79 Å². The molecule has 0 bridgehead atoms. The van der Waals surface area contributed by atoms with Crippen LogP contribution in [0.1, 0.15) is 57.8 Å². The molecule has 2 N–H and O–H groups in total. The predicted octanol–water partition coefficient (Wildman–Crippen LogP) is 2.20. The molecule has 23 heavy (non-hydrogen) atoms. The Morgan fingerprint density at radius 2 is 1.74 bits per heavy atom. The van der Waals surface area contributed by atoms with E-state index in [1.807, 2.05) is 4.90 Å². The summed E-state index contributed by atoms with van der Waals surface area (Å²) in [4.78, 5) is 16.8. The lowest BCUT2D eigenvalue weighted by molar-refractivity contribution is 0.143. The summed E-state index contributed by atoms with van der Waals surface area (Å²) in [5, 5.41) is 12.3. The van der Waals surface area contributed by atoms with E-state index in [0.29, 0.717) is 18.6 Å². The van der Waals surface area contributed by atoms with E-state index in [1.54, 1.807) is 0 Å². The Hall–Kier alpha value is -0.810. The van der Waals surface area contributed by atoms with Crippen molar-refractivity contribution in [3.63, 3.8) is 0 Å². The first-order valence-corrected chi connectivity index (χ1v) is 9.66. The summed E-state index contributed by atoms with van der Waals surface area (Å²) in [6.07, 6.45) is 11.4. The molecule has 1 aliphatic heterocycles. The molecule has 3 aliphatic rings. The number of nitrogens with one attached hydrogen (secondary N) is 1. The van der Waals surface area contributed by atoms with E-state index >= 15 is 0 Å². The van der Waals surface area contributed by atoms with Crippen LogP contribution in [-0.2, 0) is 0 Å². The Labute approximate surface area is 140 Å². The van der Waals surface area contributed by atoms with Crippen LogP contribution in [0.2, 0.25) is 0 Å². The van der Waals surface area contributed by atoms with E-state index in [9.17, 15) is 4.79 Å². The van der Waals surface area contributed by atoms with Crippen LogP contribution in [0.15, 0.2) is 0 Å². The van der Waals surface area contributed by atoms with Crippen LogP contribution in [0.5, 0.6) is 0 Å². The highest BCUT2D eigenvalue weighted by Gasteiger charge is 2.33. The number of rotatable bonds is 6. The summed E-state index contributed by atoms with van der Waals surface area (Å²) in [5.74, 6) is 0.907. The average Bonchev–Trinajstić information content (AvgIpc) is 3.40. The first kappa shape index (κ1) is 17.0. The van der Waals surface area contributed by atoms with E-state index in [2.05, 4.69) is 10.2 Å². The first-order valence-electron chi connectivity index (χ1n) is 9.66. The van der Waals surface area contributed by atoms with Gasteiger partial charge in [-0.25, -0.2) is 4.79 Å². The molecule has 0 atom stereocenters. The average molecular weight is 323 g/mol. The molecule has 3 rings (SSSR count). The zero-order valence-electron chi connectivity index (χ0n) is 14.4. The van der Waals surface area contributed by atoms with Crippen molar-refractivity contribution in [3.8, 4) is 0 Å². The van der Waals surface area contributed by atoms with Crippen LogP contribution in [0.25, 0.3) is 0 Å². The van der Waals surface area contributed by atoms with Gasteiger partial charge in [-0.05, 0) is 44.4 Å². The van der Waals surface area contributed by atoms with Gasteiger partial charge in [0.1, 0.15) is 0 Å². The molecule has 5 heteroatoms. The number of nitrogens with zero attached hydrogens (tertiary/aromatic N) is 2. The van der Waals surface area contributed by atoms with Gasteiger partial charge in [-0.15, -0.1) is 0 Å². The Morgan fingerprint density at radius 1 is 1.04 bits per heavy atom. The number of carbonyl (C=O) groups is 1. The molecular formula is C18H33N3O2. The number of urea groups is 1. The lowest BCUT2D eigenvalue weighted by Crippen LogP contribution is -2.51. The summed E-state index contributed by atoms with van der Waals surface area (Å²) in [5.41, 5.74) is 0. The van der Waals surface area contributed by atoms with Gasteiger partial charge >= 0.3 is 6.03 Å². The lowest BCUT2D eigenvalue weighted by Gasteiger charge is -2.36. The number of aliphatic hydroxyl groups excluding tert-OH is 1. The molecule has 0 unspecified atom stereocenters. The van der Waals surface area contributed by atoms with Gasteiger partial charge in [-0.3, -0.25) is 0 Å². The maximum absolute atomic E-state index is 12.4. The maximum atomic E-state index is 12.4. The van der Waals surface area contributed by atoms with Gasteiger partial charge in [-0.2, -0.15) is 0 Å². The number of piperidine rings is 1. The third kappa shape index (κ3) is 5.08. The number of amides is 2. The van der Waals surface area contributed by atoms with Crippen molar-refractivity contribution < 1.29 is 9.90 Å². The first-order chi connectivity index (χ1) is 11.3. The number of hydrogen-bond donors (Lipinski definition) is 2. The number of hydrogen-bond acceptors (Lipinski definition) is 3. The highest BCUT2D eigenvalue weighted by atomic mass is 16.3. The Balaban J connectivity index is 1.37. The highest BCUT2D eigenvalue weighted by Crippen LogP contribution is 2.27. The van der Waals surface area contributed by atoms with E-state index in [4.69, 9.17) is 5.11 Å². The van der Waals surface area contributed by atoms with Crippen molar-refractivity contribution in [1.82, 2.24) is 15.1 Å². The quantitative estimate of drug-likeness (QED) is 0.788. The molecule has 2 saturated carbocycles. The Kier molecular flexibility index (Phi) is 6.17. The van der Waals surface area contributed by atoms with Gasteiger partial charge in [0.15, 0.2) is 0 Å². The van der Waals surface area contributed by atoms with E-state index in [-0.39, 0.29) is 12.6 Å². The molecule has 0 spiro atoms. The number of likely N-dealkylation sites (tertiary alicyclic amines) is 1. The minimum atomic E-state index is 0.0345. The van der Waals surface area contributed by atoms with Crippen molar-refractivity contribution in [2.24, 2.45) is 5.92 Å². The van der Waals surface area contributed by atoms with E-state index < -0.39 is 0 Å². The zero-order chi connectivity index (χ0) is 16.1. The molecule has 1 saturated heterocycles. The number of carbonyl (C=O) groups excluding carboxylic acids is 1. The SMILES string of the molecule is O=C(NC1CCN(CC2CCCCC2)CC1)N(CCO)C1CC1. The smallest absolute Gasteiger partial charge is 0.317 e. The monoisotopic (exact) mass is 323 g/mol. The van der Waals surface area contributed by atoms with Gasteiger partial charge < -0.3 is 20.2 Å². The largest absolute Gasteiger partial charge is 0.395 e. The van der Waals surface area contributed by atoms with Gasteiger partial charge in [-0.1, -0.05) is 19.3 Å². The van der Waals surface area contributed by atoms with Crippen molar-refractivity contribution in [1.29, 1.82) is 0 Å².